The summed E-state index contributed by atoms with van der Waals surface area (Å²) in [7, 11) is -1.86. The van der Waals surface area contributed by atoms with Gasteiger partial charge in [-0.3, -0.25) is 4.99 Å². The number of nitrogens with one attached hydrogen (secondary N) is 2. The van der Waals surface area contributed by atoms with E-state index in [2.05, 4.69) is 15.6 Å². The third kappa shape index (κ3) is 7.11. The van der Waals surface area contributed by atoms with Crippen molar-refractivity contribution in [2.75, 3.05) is 13.3 Å². The minimum atomic E-state index is -4.67. The summed E-state index contributed by atoms with van der Waals surface area (Å²) >= 11 is 0. The van der Waals surface area contributed by atoms with Crippen molar-refractivity contribution in [2.24, 2.45) is 4.99 Å². The van der Waals surface area contributed by atoms with E-state index < -0.39 is 27.4 Å². The van der Waals surface area contributed by atoms with Crippen LogP contribution in [0.4, 0.5) is 17.6 Å². The number of hydrogen-bond acceptors (Lipinski definition) is 3. The van der Waals surface area contributed by atoms with Gasteiger partial charge in [-0.1, -0.05) is 18.2 Å². The Morgan fingerprint density at radius 2 is 1.70 bits per heavy atom. The number of benzene rings is 2. The average Bonchev–Trinajstić information content (AvgIpc) is 2.61. The quantitative estimate of drug-likeness (QED) is 0.251. The van der Waals surface area contributed by atoms with Crippen molar-refractivity contribution in [1.29, 1.82) is 0 Å². The molecule has 0 aliphatic heterocycles. The Kier molecular flexibility index (Phi) is 9.08. The molecule has 0 radical (unpaired) electrons. The number of rotatable bonds is 5. The van der Waals surface area contributed by atoms with Crippen LogP contribution in [0.25, 0.3) is 0 Å². The fraction of sp³-hybridized carbons (Fsp3) is 0.316. The molecule has 11 heteroatoms. The predicted molar refractivity (Wildman–Crippen MR) is 118 cm³/mol. The van der Waals surface area contributed by atoms with Gasteiger partial charge in [0.25, 0.3) is 0 Å². The molecule has 0 amide bonds. The smallest absolute Gasteiger partial charge is 0.352 e. The first-order valence-electron chi connectivity index (χ1n) is 8.51. The highest BCUT2D eigenvalue weighted by Gasteiger charge is 2.33. The molecule has 0 fully saturated rings. The van der Waals surface area contributed by atoms with Crippen molar-refractivity contribution in [1.82, 2.24) is 10.6 Å². The van der Waals surface area contributed by atoms with Gasteiger partial charge in [-0.15, -0.1) is 24.0 Å². The summed E-state index contributed by atoms with van der Waals surface area (Å²) in [5, 5.41) is 5.70. The van der Waals surface area contributed by atoms with Gasteiger partial charge in [0.2, 0.25) is 0 Å². The van der Waals surface area contributed by atoms with Gasteiger partial charge in [-0.25, -0.2) is 12.8 Å². The molecule has 0 saturated carbocycles. The van der Waals surface area contributed by atoms with Crippen molar-refractivity contribution < 1.29 is 26.0 Å². The van der Waals surface area contributed by atoms with E-state index in [-0.39, 0.29) is 53.5 Å². The molecule has 166 valence electrons. The fourth-order valence-electron chi connectivity index (χ4n) is 2.79. The summed E-state index contributed by atoms with van der Waals surface area (Å²) in [4.78, 5) is 4.19. The van der Waals surface area contributed by atoms with Crippen LogP contribution < -0.4 is 10.6 Å². The van der Waals surface area contributed by atoms with Crippen molar-refractivity contribution in [3.8, 4) is 0 Å². The summed E-state index contributed by atoms with van der Waals surface area (Å²) in [5.41, 5.74) is 0.203. The summed E-state index contributed by atoms with van der Waals surface area (Å²) in [6, 6.07) is 7.36. The van der Waals surface area contributed by atoms with Crippen LogP contribution in [0.3, 0.4) is 0 Å². The van der Waals surface area contributed by atoms with Crippen LogP contribution in [-0.4, -0.2) is 27.7 Å². The maximum atomic E-state index is 13.2. The van der Waals surface area contributed by atoms with Crippen LogP contribution in [0.1, 0.15) is 22.3 Å². The van der Waals surface area contributed by atoms with E-state index in [1.165, 1.54) is 13.1 Å². The standard InChI is InChI=1S/C19H21F4N3O2S.HI/c1-12-8-13(4-7-17(12)29(3,27)28)10-25-18(24-2)26-11-14-5-6-15(20)9-16(14)19(21,22)23;/h4-9H,10-11H2,1-3H3,(H2,24,25,26);1H. The molecule has 0 unspecified atom stereocenters. The second-order valence-electron chi connectivity index (χ2n) is 6.45. The van der Waals surface area contributed by atoms with Gasteiger partial charge in [0.15, 0.2) is 15.8 Å². The van der Waals surface area contributed by atoms with E-state index >= 15 is 0 Å². The maximum absolute atomic E-state index is 13.2. The van der Waals surface area contributed by atoms with Gasteiger partial charge in [-0.2, -0.15) is 13.2 Å². The lowest BCUT2D eigenvalue weighted by Gasteiger charge is -2.16. The molecule has 0 saturated heterocycles. The van der Waals surface area contributed by atoms with E-state index in [1.54, 1.807) is 19.1 Å². The molecule has 2 aromatic carbocycles. The minimum Gasteiger partial charge on any atom is -0.352 e. The van der Waals surface area contributed by atoms with Crippen molar-refractivity contribution >= 4 is 39.8 Å². The molecule has 0 bridgehead atoms. The van der Waals surface area contributed by atoms with E-state index in [9.17, 15) is 26.0 Å². The molecular weight excluding hydrogens is 537 g/mol. The predicted octanol–water partition coefficient (Wildman–Crippen LogP) is 4.04. The number of aliphatic imine (C=N–C) groups is 1. The van der Waals surface area contributed by atoms with Gasteiger partial charge in [-0.05, 0) is 41.8 Å². The van der Waals surface area contributed by atoms with Crippen molar-refractivity contribution in [3.05, 3.63) is 64.5 Å². The fourth-order valence-corrected chi connectivity index (χ4v) is 3.75. The molecule has 0 heterocycles. The Bertz CT molecular complexity index is 1020. The highest BCUT2D eigenvalue weighted by atomic mass is 127. The van der Waals surface area contributed by atoms with Gasteiger partial charge < -0.3 is 10.6 Å². The van der Waals surface area contributed by atoms with E-state index in [0.29, 0.717) is 11.6 Å². The normalized spacial score (nSPS) is 12.3. The summed E-state index contributed by atoms with van der Waals surface area (Å²) < 4.78 is 75.8. The van der Waals surface area contributed by atoms with Crippen LogP contribution in [0.5, 0.6) is 0 Å². The lowest BCUT2D eigenvalue weighted by molar-refractivity contribution is -0.138. The van der Waals surface area contributed by atoms with E-state index in [0.717, 1.165) is 24.0 Å². The molecule has 5 nitrogen and oxygen atoms in total. The second-order valence-corrected chi connectivity index (χ2v) is 8.43. The Morgan fingerprint density at radius 3 is 2.23 bits per heavy atom. The monoisotopic (exact) mass is 559 g/mol. The number of hydrogen-bond donors (Lipinski definition) is 2. The number of nitrogens with zero attached hydrogens (tertiary/aromatic N) is 1. The lowest BCUT2D eigenvalue weighted by atomic mass is 10.1. The lowest BCUT2D eigenvalue weighted by Crippen LogP contribution is -2.36. The van der Waals surface area contributed by atoms with Crippen molar-refractivity contribution in [2.45, 2.75) is 31.1 Å². The van der Waals surface area contributed by atoms with Crippen LogP contribution in [0, 0.1) is 12.7 Å². The molecule has 0 spiro atoms. The van der Waals surface area contributed by atoms with Gasteiger partial charge in [0.05, 0.1) is 10.5 Å². The van der Waals surface area contributed by atoms with Gasteiger partial charge in [0.1, 0.15) is 5.82 Å². The number of aryl methyl sites for hydroxylation is 1. The third-order valence-electron chi connectivity index (χ3n) is 4.15. The Balaban J connectivity index is 0.00000450. The maximum Gasteiger partial charge on any atom is 0.416 e. The third-order valence-corrected chi connectivity index (χ3v) is 5.40. The molecular formula is C19H22F4IN3O2S. The van der Waals surface area contributed by atoms with Crippen LogP contribution in [0.15, 0.2) is 46.3 Å². The van der Waals surface area contributed by atoms with Crippen molar-refractivity contribution in [3.63, 3.8) is 0 Å². The Morgan fingerprint density at radius 1 is 1.07 bits per heavy atom. The van der Waals surface area contributed by atoms with E-state index in [4.69, 9.17) is 0 Å². The molecule has 2 N–H and O–H groups in total. The molecule has 0 atom stereocenters. The molecule has 2 rings (SSSR count). The molecule has 0 aliphatic carbocycles. The highest BCUT2D eigenvalue weighted by Crippen LogP contribution is 2.32. The topological polar surface area (TPSA) is 70.6 Å². The average molecular weight is 559 g/mol. The largest absolute Gasteiger partial charge is 0.416 e. The Labute approximate surface area is 189 Å². The highest BCUT2D eigenvalue weighted by molar-refractivity contribution is 14.0. The first kappa shape index (κ1) is 26.1. The zero-order valence-corrected chi connectivity index (χ0v) is 19.6. The van der Waals surface area contributed by atoms with Gasteiger partial charge in [0, 0.05) is 26.4 Å². The van der Waals surface area contributed by atoms with Crippen LogP contribution >= 0.6 is 24.0 Å². The first-order chi connectivity index (χ1) is 13.4. The zero-order valence-electron chi connectivity index (χ0n) is 16.5. The molecule has 0 aliphatic rings. The SMILES string of the molecule is CN=C(NCc1ccc(S(C)(=O)=O)c(C)c1)NCc1ccc(F)cc1C(F)(F)F.I. The molecule has 30 heavy (non-hydrogen) atoms. The number of halogens is 5. The first-order valence-corrected chi connectivity index (χ1v) is 10.4. The Hall–Kier alpha value is -1.89. The zero-order chi connectivity index (χ0) is 21.8. The summed E-state index contributed by atoms with van der Waals surface area (Å²) in [5.74, 6) is -0.719. The number of guanidine groups is 1. The van der Waals surface area contributed by atoms with Crippen LogP contribution in [0.2, 0.25) is 0 Å². The number of sulfone groups is 1. The van der Waals surface area contributed by atoms with E-state index in [1.807, 2.05) is 0 Å². The summed E-state index contributed by atoms with van der Waals surface area (Å²) in [6.45, 7) is 1.75. The molecule has 2 aromatic rings. The number of alkyl halides is 3. The summed E-state index contributed by atoms with van der Waals surface area (Å²) in [6.07, 6.45) is -3.54. The minimum absolute atomic E-state index is 0. The van der Waals surface area contributed by atoms with Crippen LogP contribution in [-0.2, 0) is 29.1 Å². The van der Waals surface area contributed by atoms with Gasteiger partial charge >= 0.3 is 6.18 Å². The second kappa shape index (κ2) is 10.4. The molecule has 0 aromatic heterocycles.